The van der Waals surface area contributed by atoms with Crippen LogP contribution in [-0.2, 0) is 14.4 Å². The minimum atomic E-state index is -0.588. The third-order valence-corrected chi connectivity index (χ3v) is 1.96. The molecule has 1 aromatic rings. The van der Waals surface area contributed by atoms with Crippen LogP contribution < -0.4 is 5.48 Å². The highest BCUT2D eigenvalue weighted by Crippen LogP contribution is 2.02. The highest BCUT2D eigenvalue weighted by Gasteiger charge is 2.03. The van der Waals surface area contributed by atoms with Crippen molar-refractivity contribution in [1.29, 1.82) is 0 Å². The van der Waals surface area contributed by atoms with E-state index in [-0.39, 0.29) is 0 Å². The molecule has 0 saturated carbocycles. The molecular formula is C13H13NO3. The summed E-state index contributed by atoms with van der Waals surface area (Å²) in [6, 6.07) is 9.69. The molecule has 0 aromatic heterocycles. The van der Waals surface area contributed by atoms with Crippen molar-refractivity contribution in [3.8, 4) is 0 Å². The molecule has 0 bridgehead atoms. The first kappa shape index (κ1) is 12.7. The van der Waals surface area contributed by atoms with Crippen LogP contribution in [0.15, 0.2) is 48.1 Å². The molecule has 17 heavy (non-hydrogen) atoms. The molecule has 0 atom stereocenters. The van der Waals surface area contributed by atoms with Crippen LogP contribution in [0.25, 0.3) is 6.08 Å². The van der Waals surface area contributed by atoms with Crippen molar-refractivity contribution >= 4 is 18.5 Å². The molecule has 0 heterocycles. The largest absolute Gasteiger partial charge is 0.358 e. The standard InChI is InChI=1S/C13H13NO3/c1-11(13(16)17-14-10-15)6-5-9-12-7-3-2-4-8-12/h2-10H,1H3,(H,14,15)/b9-5+,11-6+. The number of amides is 1. The Bertz CT molecular complexity index is 435. The molecule has 1 N–H and O–H groups in total. The van der Waals surface area contributed by atoms with Crippen LogP contribution in [-0.4, -0.2) is 12.4 Å². The zero-order chi connectivity index (χ0) is 12.5. The molecule has 4 heteroatoms. The van der Waals surface area contributed by atoms with E-state index in [1.807, 2.05) is 41.9 Å². The van der Waals surface area contributed by atoms with E-state index >= 15 is 0 Å². The quantitative estimate of drug-likeness (QED) is 0.364. The Morgan fingerprint density at radius 2 is 2.00 bits per heavy atom. The van der Waals surface area contributed by atoms with E-state index in [0.29, 0.717) is 12.0 Å². The average Bonchev–Trinajstić information content (AvgIpc) is 2.37. The molecule has 0 aliphatic heterocycles. The van der Waals surface area contributed by atoms with Gasteiger partial charge in [0.1, 0.15) is 0 Å². The second-order valence-electron chi connectivity index (χ2n) is 3.24. The van der Waals surface area contributed by atoms with Crippen LogP contribution in [0.5, 0.6) is 0 Å². The van der Waals surface area contributed by atoms with E-state index < -0.39 is 5.97 Å². The molecule has 0 radical (unpaired) electrons. The molecule has 88 valence electrons. The maximum atomic E-state index is 11.2. The summed E-state index contributed by atoms with van der Waals surface area (Å²) in [7, 11) is 0. The molecule has 4 nitrogen and oxygen atoms in total. The molecule has 0 aliphatic carbocycles. The lowest BCUT2D eigenvalue weighted by molar-refractivity contribution is -0.150. The fourth-order valence-corrected chi connectivity index (χ4v) is 1.09. The van der Waals surface area contributed by atoms with Crippen LogP contribution in [0.4, 0.5) is 0 Å². The molecule has 1 rings (SSSR count). The average molecular weight is 231 g/mol. The molecule has 0 aliphatic rings. The SMILES string of the molecule is C/C(=C\C=C\c1ccccc1)C(=O)ONC=O. The Kier molecular flexibility index (Phi) is 5.24. The number of hydrogen-bond donors (Lipinski definition) is 1. The van der Waals surface area contributed by atoms with Crippen molar-refractivity contribution in [3.05, 3.63) is 53.6 Å². The fraction of sp³-hybridized carbons (Fsp3) is 0.0769. The van der Waals surface area contributed by atoms with E-state index in [1.54, 1.807) is 19.1 Å². The van der Waals surface area contributed by atoms with Gasteiger partial charge in [-0.1, -0.05) is 48.6 Å². The van der Waals surface area contributed by atoms with Gasteiger partial charge in [0.2, 0.25) is 6.41 Å². The first-order chi connectivity index (χ1) is 8.24. The van der Waals surface area contributed by atoms with Crippen LogP contribution >= 0.6 is 0 Å². The summed E-state index contributed by atoms with van der Waals surface area (Å²) < 4.78 is 0. The van der Waals surface area contributed by atoms with Gasteiger partial charge in [-0.05, 0) is 12.5 Å². The predicted molar refractivity (Wildman–Crippen MR) is 64.5 cm³/mol. The van der Waals surface area contributed by atoms with Crippen LogP contribution in [0, 0.1) is 0 Å². The number of hydrogen-bond acceptors (Lipinski definition) is 3. The second-order valence-corrected chi connectivity index (χ2v) is 3.24. The highest BCUT2D eigenvalue weighted by molar-refractivity contribution is 5.88. The monoisotopic (exact) mass is 231 g/mol. The molecule has 0 spiro atoms. The van der Waals surface area contributed by atoms with E-state index in [4.69, 9.17) is 0 Å². The molecule has 1 aromatic carbocycles. The van der Waals surface area contributed by atoms with Gasteiger partial charge in [-0.3, -0.25) is 4.79 Å². The number of allylic oxidation sites excluding steroid dienone is 2. The zero-order valence-corrected chi connectivity index (χ0v) is 9.42. The lowest BCUT2D eigenvalue weighted by Gasteiger charge is -1.99. The van der Waals surface area contributed by atoms with Crippen molar-refractivity contribution in [2.45, 2.75) is 6.92 Å². The Balaban J connectivity index is 2.55. The summed E-state index contributed by atoms with van der Waals surface area (Å²) >= 11 is 0. The molecule has 1 amide bonds. The normalized spacial score (nSPS) is 11.2. The van der Waals surface area contributed by atoms with Gasteiger partial charge in [0.15, 0.2) is 0 Å². The number of benzene rings is 1. The van der Waals surface area contributed by atoms with Gasteiger partial charge in [-0.25, -0.2) is 4.79 Å². The number of nitrogens with one attached hydrogen (secondary N) is 1. The highest BCUT2D eigenvalue weighted by atomic mass is 16.7. The lowest BCUT2D eigenvalue weighted by Crippen LogP contribution is -2.18. The third kappa shape index (κ3) is 4.79. The van der Waals surface area contributed by atoms with Crippen molar-refractivity contribution in [2.75, 3.05) is 0 Å². The maximum Gasteiger partial charge on any atom is 0.358 e. The van der Waals surface area contributed by atoms with E-state index in [9.17, 15) is 9.59 Å². The van der Waals surface area contributed by atoms with Crippen LogP contribution in [0.3, 0.4) is 0 Å². The van der Waals surface area contributed by atoms with Crippen molar-refractivity contribution < 1.29 is 14.4 Å². The summed E-state index contributed by atoms with van der Waals surface area (Å²) in [6.45, 7) is 1.60. The predicted octanol–water partition coefficient (Wildman–Crippen LogP) is 1.85. The summed E-state index contributed by atoms with van der Waals surface area (Å²) in [5, 5.41) is 0. The first-order valence-electron chi connectivity index (χ1n) is 5.04. The minimum absolute atomic E-state index is 0.297. The second kappa shape index (κ2) is 7.00. The van der Waals surface area contributed by atoms with Gasteiger partial charge in [-0.2, -0.15) is 5.48 Å². The Morgan fingerprint density at radius 1 is 1.29 bits per heavy atom. The molecule has 0 unspecified atom stereocenters. The fourth-order valence-electron chi connectivity index (χ4n) is 1.09. The summed E-state index contributed by atoms with van der Waals surface area (Å²) in [6.07, 6.45) is 5.52. The van der Waals surface area contributed by atoms with Crippen molar-refractivity contribution in [1.82, 2.24) is 5.48 Å². The van der Waals surface area contributed by atoms with Gasteiger partial charge in [-0.15, -0.1) is 0 Å². The summed E-state index contributed by atoms with van der Waals surface area (Å²) in [4.78, 5) is 25.5. The topological polar surface area (TPSA) is 55.4 Å². The number of carbonyl (C=O) groups excluding carboxylic acids is 2. The number of carbonyl (C=O) groups is 2. The lowest BCUT2D eigenvalue weighted by atomic mass is 10.2. The van der Waals surface area contributed by atoms with E-state index in [2.05, 4.69) is 4.84 Å². The van der Waals surface area contributed by atoms with Crippen LogP contribution in [0.1, 0.15) is 12.5 Å². The van der Waals surface area contributed by atoms with Gasteiger partial charge in [0.05, 0.1) is 0 Å². The first-order valence-corrected chi connectivity index (χ1v) is 5.04. The van der Waals surface area contributed by atoms with Gasteiger partial charge < -0.3 is 4.84 Å². The maximum absolute atomic E-state index is 11.2. The van der Waals surface area contributed by atoms with Gasteiger partial charge >= 0.3 is 5.97 Å². The van der Waals surface area contributed by atoms with Crippen LogP contribution in [0.2, 0.25) is 0 Å². The summed E-state index contributed by atoms with van der Waals surface area (Å²) in [5.74, 6) is -0.588. The van der Waals surface area contributed by atoms with Gasteiger partial charge in [0, 0.05) is 5.57 Å². The van der Waals surface area contributed by atoms with Gasteiger partial charge in [0.25, 0.3) is 0 Å². The minimum Gasteiger partial charge on any atom is -0.336 e. The summed E-state index contributed by atoms with van der Waals surface area (Å²) in [5.41, 5.74) is 3.27. The van der Waals surface area contributed by atoms with E-state index in [0.717, 1.165) is 5.56 Å². The Morgan fingerprint density at radius 3 is 2.65 bits per heavy atom. The molecular weight excluding hydrogens is 218 g/mol. The number of hydroxylamine groups is 1. The molecule has 0 fully saturated rings. The Labute approximate surface area is 99.5 Å². The zero-order valence-electron chi connectivity index (χ0n) is 9.42. The molecule has 0 saturated heterocycles. The smallest absolute Gasteiger partial charge is 0.336 e. The van der Waals surface area contributed by atoms with Crippen molar-refractivity contribution in [2.24, 2.45) is 0 Å². The Hall–Kier alpha value is -2.36. The van der Waals surface area contributed by atoms with E-state index in [1.165, 1.54) is 0 Å². The van der Waals surface area contributed by atoms with Crippen molar-refractivity contribution in [3.63, 3.8) is 0 Å². The third-order valence-electron chi connectivity index (χ3n) is 1.96. The number of rotatable bonds is 5.